The van der Waals surface area contributed by atoms with Gasteiger partial charge in [-0.2, -0.15) is 0 Å². The van der Waals surface area contributed by atoms with Crippen LogP contribution in [-0.2, 0) is 9.59 Å². The second-order valence-corrected chi connectivity index (χ2v) is 4.80. The van der Waals surface area contributed by atoms with Crippen molar-refractivity contribution in [1.82, 2.24) is 0 Å². The molecule has 6 nitrogen and oxygen atoms in total. The first-order valence-corrected chi connectivity index (χ1v) is 5.76. The molecule has 0 saturated heterocycles. The molecule has 1 rings (SSSR count). The van der Waals surface area contributed by atoms with Gasteiger partial charge in [0.25, 0.3) is 0 Å². The van der Waals surface area contributed by atoms with Gasteiger partial charge in [0.15, 0.2) is 0 Å². The highest BCUT2D eigenvalue weighted by Crippen LogP contribution is 2.28. The Bertz CT molecular complexity index is 382. The summed E-state index contributed by atoms with van der Waals surface area (Å²) < 4.78 is 0. The molecule has 2 atom stereocenters. The monoisotopic (exact) mass is 258 g/mol. The van der Waals surface area contributed by atoms with Crippen LogP contribution < -0.4 is 11.5 Å². The van der Waals surface area contributed by atoms with Gasteiger partial charge in [-0.3, -0.25) is 9.59 Å². The molecule has 0 bridgehead atoms. The lowest BCUT2D eigenvalue weighted by atomic mass is 10.1. The number of rotatable bonds is 6. The summed E-state index contributed by atoms with van der Waals surface area (Å²) >= 11 is 1.26. The Balaban J connectivity index is 2.70. The molecule has 0 aliphatic rings. The van der Waals surface area contributed by atoms with Crippen LogP contribution in [0.25, 0.3) is 0 Å². The van der Waals surface area contributed by atoms with Crippen molar-refractivity contribution in [3.05, 3.63) is 21.9 Å². The van der Waals surface area contributed by atoms with Crippen molar-refractivity contribution in [3.63, 3.8) is 0 Å². The van der Waals surface area contributed by atoms with Crippen LogP contribution in [0.2, 0.25) is 0 Å². The summed E-state index contributed by atoms with van der Waals surface area (Å²) in [6, 6.07) is 2.22. The van der Waals surface area contributed by atoms with Gasteiger partial charge < -0.3 is 21.7 Å². The van der Waals surface area contributed by atoms with E-state index < -0.39 is 24.0 Å². The van der Waals surface area contributed by atoms with E-state index in [0.29, 0.717) is 9.75 Å². The molecular weight excluding hydrogens is 244 g/mol. The van der Waals surface area contributed by atoms with Gasteiger partial charge in [0.05, 0.1) is 12.8 Å². The highest BCUT2D eigenvalue weighted by atomic mass is 32.1. The number of thiophene rings is 1. The van der Waals surface area contributed by atoms with Crippen molar-refractivity contribution in [3.8, 4) is 0 Å². The zero-order valence-electron chi connectivity index (χ0n) is 9.00. The minimum absolute atomic E-state index is 0.159. The van der Waals surface area contributed by atoms with Crippen LogP contribution in [0.4, 0.5) is 0 Å². The van der Waals surface area contributed by atoms with E-state index in [9.17, 15) is 9.59 Å². The van der Waals surface area contributed by atoms with Crippen LogP contribution in [0, 0.1) is 0 Å². The number of carboxylic acids is 2. The van der Waals surface area contributed by atoms with E-state index in [4.69, 9.17) is 21.7 Å². The number of hydrogen-bond donors (Lipinski definition) is 4. The SMILES string of the molecule is NC(CC(=O)O)c1ccc(C(N)CC(=O)O)s1. The minimum atomic E-state index is -0.970. The van der Waals surface area contributed by atoms with Crippen LogP contribution >= 0.6 is 11.3 Å². The van der Waals surface area contributed by atoms with Gasteiger partial charge in [-0.05, 0) is 12.1 Å². The molecule has 0 amide bonds. The Morgan fingerprint density at radius 3 is 1.71 bits per heavy atom. The summed E-state index contributed by atoms with van der Waals surface area (Å²) in [4.78, 5) is 22.4. The predicted octanol–water partition coefficient (Wildman–Crippen LogP) is 0.697. The zero-order chi connectivity index (χ0) is 13.0. The molecule has 0 radical (unpaired) electrons. The number of aliphatic carboxylic acids is 2. The van der Waals surface area contributed by atoms with Crippen molar-refractivity contribution in [2.24, 2.45) is 11.5 Å². The molecule has 1 aromatic rings. The molecule has 17 heavy (non-hydrogen) atoms. The Kier molecular flexibility index (Phi) is 4.62. The third-order valence-electron chi connectivity index (χ3n) is 2.17. The largest absolute Gasteiger partial charge is 0.481 e. The fraction of sp³-hybridized carbons (Fsp3) is 0.400. The van der Waals surface area contributed by atoms with E-state index >= 15 is 0 Å². The zero-order valence-corrected chi connectivity index (χ0v) is 9.81. The lowest BCUT2D eigenvalue weighted by molar-refractivity contribution is -0.138. The first kappa shape index (κ1) is 13.6. The van der Waals surface area contributed by atoms with Crippen LogP contribution in [0.15, 0.2) is 12.1 Å². The summed E-state index contributed by atoms with van der Waals surface area (Å²) in [6.07, 6.45) is -0.317. The van der Waals surface area contributed by atoms with Gasteiger partial charge in [0.1, 0.15) is 0 Å². The summed E-state index contributed by atoms with van der Waals surface area (Å²) in [5, 5.41) is 17.2. The Labute approximate surface area is 102 Å². The maximum Gasteiger partial charge on any atom is 0.305 e. The lowest BCUT2D eigenvalue weighted by Crippen LogP contribution is -2.14. The molecule has 0 spiro atoms. The molecule has 2 unspecified atom stereocenters. The normalized spacial score (nSPS) is 14.2. The number of nitrogens with two attached hydrogens (primary N) is 2. The van der Waals surface area contributed by atoms with Gasteiger partial charge in [-0.25, -0.2) is 0 Å². The van der Waals surface area contributed by atoms with E-state index in [0.717, 1.165) is 0 Å². The van der Waals surface area contributed by atoms with Gasteiger partial charge in [0.2, 0.25) is 0 Å². The van der Waals surface area contributed by atoms with Crippen molar-refractivity contribution in [2.75, 3.05) is 0 Å². The Morgan fingerprint density at radius 2 is 1.41 bits per heavy atom. The van der Waals surface area contributed by atoms with E-state index in [1.54, 1.807) is 12.1 Å². The maximum absolute atomic E-state index is 10.5. The highest BCUT2D eigenvalue weighted by Gasteiger charge is 2.17. The van der Waals surface area contributed by atoms with E-state index in [-0.39, 0.29) is 12.8 Å². The third-order valence-corrected chi connectivity index (χ3v) is 3.52. The van der Waals surface area contributed by atoms with Crippen molar-refractivity contribution in [2.45, 2.75) is 24.9 Å². The van der Waals surface area contributed by atoms with Gasteiger partial charge in [-0.1, -0.05) is 0 Å². The van der Waals surface area contributed by atoms with E-state index in [2.05, 4.69) is 0 Å². The second kappa shape index (κ2) is 5.76. The van der Waals surface area contributed by atoms with Crippen LogP contribution in [0.3, 0.4) is 0 Å². The topological polar surface area (TPSA) is 127 Å². The smallest absolute Gasteiger partial charge is 0.305 e. The average molecular weight is 258 g/mol. The van der Waals surface area contributed by atoms with Crippen LogP contribution in [0.1, 0.15) is 34.7 Å². The standard InChI is InChI=1S/C10H14N2O4S/c11-5(3-9(13)14)7-1-2-8(17-7)6(12)4-10(15)16/h1-2,5-6H,3-4,11-12H2,(H,13,14)(H,15,16). The maximum atomic E-state index is 10.5. The summed E-state index contributed by atoms with van der Waals surface area (Å²) in [7, 11) is 0. The molecular formula is C10H14N2O4S. The second-order valence-electron chi connectivity index (χ2n) is 3.65. The third kappa shape index (κ3) is 4.14. The first-order chi connectivity index (χ1) is 7.90. The molecule has 1 aromatic heterocycles. The molecule has 7 heteroatoms. The van der Waals surface area contributed by atoms with Crippen molar-refractivity contribution >= 4 is 23.3 Å². The first-order valence-electron chi connectivity index (χ1n) is 4.94. The Hall–Kier alpha value is -1.44. The molecule has 0 saturated carbocycles. The summed E-state index contributed by atoms with van der Waals surface area (Å²) in [6.45, 7) is 0. The van der Waals surface area contributed by atoms with Gasteiger partial charge in [0, 0.05) is 21.8 Å². The molecule has 94 valence electrons. The molecule has 0 aromatic carbocycles. The molecule has 0 fully saturated rings. The lowest BCUT2D eigenvalue weighted by Gasteiger charge is -2.07. The summed E-state index contributed by atoms with van der Waals surface area (Å²) in [5.74, 6) is -1.94. The predicted molar refractivity (Wildman–Crippen MR) is 62.7 cm³/mol. The average Bonchev–Trinajstić information content (AvgIpc) is 2.63. The van der Waals surface area contributed by atoms with Crippen molar-refractivity contribution < 1.29 is 19.8 Å². The fourth-order valence-electron chi connectivity index (χ4n) is 1.34. The Morgan fingerprint density at radius 1 is 1.06 bits per heavy atom. The highest BCUT2D eigenvalue weighted by molar-refractivity contribution is 7.12. The van der Waals surface area contributed by atoms with Crippen LogP contribution in [0.5, 0.6) is 0 Å². The number of hydrogen-bond acceptors (Lipinski definition) is 5. The quantitative estimate of drug-likeness (QED) is 0.594. The number of carboxylic acid groups (broad SMARTS) is 2. The van der Waals surface area contributed by atoms with Crippen molar-refractivity contribution in [1.29, 1.82) is 0 Å². The van der Waals surface area contributed by atoms with Gasteiger partial charge in [-0.15, -0.1) is 11.3 Å². The van der Waals surface area contributed by atoms with Gasteiger partial charge >= 0.3 is 11.9 Å². The molecule has 6 N–H and O–H groups in total. The molecule has 0 aliphatic heterocycles. The van der Waals surface area contributed by atoms with Crippen LogP contribution in [-0.4, -0.2) is 22.2 Å². The minimum Gasteiger partial charge on any atom is -0.481 e. The molecule has 1 heterocycles. The summed E-state index contributed by atoms with van der Waals surface area (Å²) in [5.41, 5.74) is 11.4. The van der Waals surface area contributed by atoms with E-state index in [1.807, 2.05) is 0 Å². The van der Waals surface area contributed by atoms with E-state index in [1.165, 1.54) is 11.3 Å². The number of carbonyl (C=O) groups is 2. The fourth-order valence-corrected chi connectivity index (χ4v) is 2.36. The molecule has 0 aliphatic carbocycles.